The van der Waals surface area contributed by atoms with Crippen molar-refractivity contribution in [2.75, 3.05) is 13.2 Å². The van der Waals surface area contributed by atoms with Crippen LogP contribution in [0.1, 0.15) is 33.6 Å². The highest BCUT2D eigenvalue weighted by atomic mass is 16.3. The molecule has 0 saturated heterocycles. The quantitative estimate of drug-likeness (QED) is 0.758. The van der Waals surface area contributed by atoms with Crippen LogP contribution >= 0.6 is 0 Å². The number of ketones is 1. The fourth-order valence-corrected chi connectivity index (χ4v) is 2.53. The number of aliphatic hydroxyl groups excluding tert-OH is 1. The molecule has 106 valence electrons. The SMILES string of the molecule is CC(=O)C1=C(NCCO)CC(C)(C)CC1=C(C#N)C#N. The maximum absolute atomic E-state index is 11.9. The Bertz CT molecular complexity index is 541. The summed E-state index contributed by atoms with van der Waals surface area (Å²) in [5.74, 6) is -0.168. The highest BCUT2D eigenvalue weighted by Crippen LogP contribution is 2.42. The van der Waals surface area contributed by atoms with E-state index < -0.39 is 0 Å². The normalized spacial score (nSPS) is 17.2. The van der Waals surface area contributed by atoms with E-state index in [1.807, 2.05) is 26.0 Å². The first-order valence-corrected chi connectivity index (χ1v) is 6.49. The predicted molar refractivity (Wildman–Crippen MR) is 74.1 cm³/mol. The van der Waals surface area contributed by atoms with E-state index in [0.717, 1.165) is 0 Å². The van der Waals surface area contributed by atoms with Crippen molar-refractivity contribution in [3.05, 3.63) is 22.4 Å². The van der Waals surface area contributed by atoms with Crippen LogP contribution < -0.4 is 5.32 Å². The Morgan fingerprint density at radius 3 is 2.40 bits per heavy atom. The van der Waals surface area contributed by atoms with Crippen LogP contribution in [0.3, 0.4) is 0 Å². The fraction of sp³-hybridized carbons (Fsp3) is 0.533. The zero-order valence-corrected chi connectivity index (χ0v) is 12.1. The van der Waals surface area contributed by atoms with Crippen molar-refractivity contribution in [3.8, 4) is 12.1 Å². The Balaban J connectivity index is 3.48. The summed E-state index contributed by atoms with van der Waals surface area (Å²) in [6.45, 7) is 5.77. The first kappa shape index (κ1) is 15.9. The van der Waals surface area contributed by atoms with E-state index in [1.165, 1.54) is 6.92 Å². The number of hydrogen-bond acceptors (Lipinski definition) is 5. The van der Waals surface area contributed by atoms with Crippen LogP contribution in [0.4, 0.5) is 0 Å². The van der Waals surface area contributed by atoms with E-state index in [9.17, 15) is 4.79 Å². The van der Waals surface area contributed by atoms with Gasteiger partial charge in [0, 0.05) is 17.8 Å². The molecule has 0 aromatic heterocycles. The Morgan fingerprint density at radius 2 is 1.95 bits per heavy atom. The van der Waals surface area contributed by atoms with E-state index in [1.54, 1.807) is 0 Å². The molecule has 0 heterocycles. The molecule has 0 spiro atoms. The lowest BCUT2D eigenvalue weighted by Gasteiger charge is -2.34. The molecule has 20 heavy (non-hydrogen) atoms. The molecule has 1 aliphatic rings. The molecule has 0 aliphatic heterocycles. The summed E-state index contributed by atoms with van der Waals surface area (Å²) in [5, 5.41) is 30.2. The van der Waals surface area contributed by atoms with Crippen molar-refractivity contribution in [1.82, 2.24) is 5.32 Å². The predicted octanol–water partition coefficient (Wildman–Crippen LogP) is 1.58. The summed E-state index contributed by atoms with van der Waals surface area (Å²) in [5.41, 5.74) is 1.49. The maximum Gasteiger partial charge on any atom is 0.161 e. The third kappa shape index (κ3) is 3.46. The Morgan fingerprint density at radius 1 is 1.35 bits per heavy atom. The number of nitrogens with zero attached hydrogens (tertiary/aromatic N) is 2. The summed E-state index contributed by atoms with van der Waals surface area (Å²) in [4.78, 5) is 11.9. The first-order chi connectivity index (χ1) is 9.36. The number of allylic oxidation sites excluding steroid dienone is 4. The smallest absolute Gasteiger partial charge is 0.161 e. The summed E-state index contributed by atoms with van der Waals surface area (Å²) in [6, 6.07) is 3.75. The molecule has 0 saturated carbocycles. The molecular formula is C15H19N3O2. The Kier molecular flexibility index (Phi) is 5.07. The summed E-state index contributed by atoms with van der Waals surface area (Å²) < 4.78 is 0. The van der Waals surface area contributed by atoms with Crippen LogP contribution in [0, 0.1) is 28.1 Å². The third-order valence-corrected chi connectivity index (χ3v) is 3.24. The van der Waals surface area contributed by atoms with Gasteiger partial charge in [-0.1, -0.05) is 13.8 Å². The topological polar surface area (TPSA) is 96.9 Å². The molecule has 0 aromatic rings. The van der Waals surface area contributed by atoms with Crippen molar-refractivity contribution in [3.63, 3.8) is 0 Å². The lowest BCUT2D eigenvalue weighted by atomic mass is 9.72. The van der Waals surface area contributed by atoms with Crippen molar-refractivity contribution < 1.29 is 9.90 Å². The second kappa shape index (κ2) is 6.36. The minimum Gasteiger partial charge on any atom is -0.395 e. The molecule has 0 atom stereocenters. The molecule has 1 rings (SSSR count). The van der Waals surface area contributed by atoms with Gasteiger partial charge in [0.05, 0.1) is 6.61 Å². The summed E-state index contributed by atoms with van der Waals surface area (Å²) >= 11 is 0. The van der Waals surface area contributed by atoms with E-state index in [-0.39, 0.29) is 23.4 Å². The molecule has 5 heteroatoms. The number of Topliss-reactive ketones (excluding diaryl/α,β-unsaturated/α-hetero) is 1. The highest BCUT2D eigenvalue weighted by Gasteiger charge is 2.34. The van der Waals surface area contributed by atoms with Gasteiger partial charge in [0.1, 0.15) is 17.7 Å². The van der Waals surface area contributed by atoms with Crippen LogP contribution in [-0.4, -0.2) is 24.0 Å². The Labute approximate surface area is 119 Å². The van der Waals surface area contributed by atoms with Gasteiger partial charge in [-0.15, -0.1) is 0 Å². The fourth-order valence-electron chi connectivity index (χ4n) is 2.53. The number of aliphatic hydroxyl groups is 1. The zero-order valence-electron chi connectivity index (χ0n) is 12.1. The number of nitriles is 2. The van der Waals surface area contributed by atoms with Crippen molar-refractivity contribution in [2.45, 2.75) is 33.6 Å². The first-order valence-electron chi connectivity index (χ1n) is 6.49. The molecule has 0 aromatic carbocycles. The molecule has 0 fully saturated rings. The molecule has 0 unspecified atom stereocenters. The molecule has 5 nitrogen and oxygen atoms in total. The van der Waals surface area contributed by atoms with Gasteiger partial charge in [-0.3, -0.25) is 4.79 Å². The molecule has 0 amide bonds. The van der Waals surface area contributed by atoms with Gasteiger partial charge in [-0.05, 0) is 30.8 Å². The maximum atomic E-state index is 11.9. The molecule has 1 aliphatic carbocycles. The molecular weight excluding hydrogens is 254 g/mol. The summed E-state index contributed by atoms with van der Waals surface area (Å²) in [7, 11) is 0. The standard InChI is InChI=1S/C15H19N3O2/c1-10(20)14-12(11(8-16)9-17)6-15(2,3)7-13(14)18-4-5-19/h18-19H,4-7H2,1-3H3. The van der Waals surface area contributed by atoms with Crippen LogP contribution in [0.2, 0.25) is 0 Å². The van der Waals surface area contributed by atoms with Crippen LogP contribution in [0.5, 0.6) is 0 Å². The van der Waals surface area contributed by atoms with E-state index >= 15 is 0 Å². The molecule has 0 radical (unpaired) electrons. The minimum absolute atomic E-state index is 0.00808. The van der Waals surface area contributed by atoms with Crippen LogP contribution in [0.15, 0.2) is 22.4 Å². The van der Waals surface area contributed by atoms with Gasteiger partial charge in [-0.2, -0.15) is 10.5 Å². The van der Waals surface area contributed by atoms with Gasteiger partial charge in [0.25, 0.3) is 0 Å². The average Bonchev–Trinajstić information content (AvgIpc) is 2.35. The largest absolute Gasteiger partial charge is 0.395 e. The second-order valence-electron chi connectivity index (χ2n) is 5.66. The van der Waals surface area contributed by atoms with Gasteiger partial charge >= 0.3 is 0 Å². The van der Waals surface area contributed by atoms with Crippen LogP contribution in [-0.2, 0) is 4.79 Å². The van der Waals surface area contributed by atoms with E-state index in [2.05, 4.69) is 5.32 Å². The van der Waals surface area contributed by atoms with Crippen molar-refractivity contribution in [1.29, 1.82) is 10.5 Å². The van der Waals surface area contributed by atoms with Gasteiger partial charge in [0.2, 0.25) is 0 Å². The van der Waals surface area contributed by atoms with E-state index in [4.69, 9.17) is 15.6 Å². The van der Waals surface area contributed by atoms with Crippen molar-refractivity contribution in [2.24, 2.45) is 5.41 Å². The van der Waals surface area contributed by atoms with Crippen LogP contribution in [0.25, 0.3) is 0 Å². The third-order valence-electron chi connectivity index (χ3n) is 3.24. The second-order valence-corrected chi connectivity index (χ2v) is 5.66. The lowest BCUT2D eigenvalue weighted by molar-refractivity contribution is -0.113. The number of rotatable bonds is 4. The zero-order chi connectivity index (χ0) is 15.3. The molecule has 2 N–H and O–H groups in total. The number of hydrogen-bond donors (Lipinski definition) is 2. The number of carbonyl (C=O) groups is 1. The lowest BCUT2D eigenvalue weighted by Crippen LogP contribution is -2.31. The van der Waals surface area contributed by atoms with Gasteiger partial charge < -0.3 is 10.4 Å². The Hall–Kier alpha value is -2.11. The average molecular weight is 273 g/mol. The minimum atomic E-state index is -0.168. The van der Waals surface area contributed by atoms with Crippen molar-refractivity contribution >= 4 is 5.78 Å². The number of carbonyl (C=O) groups excluding carboxylic acids is 1. The van der Waals surface area contributed by atoms with Gasteiger partial charge in [-0.25, -0.2) is 0 Å². The number of nitrogens with one attached hydrogen (secondary N) is 1. The van der Waals surface area contributed by atoms with Gasteiger partial charge in [0.15, 0.2) is 5.78 Å². The summed E-state index contributed by atoms with van der Waals surface area (Å²) in [6.07, 6.45) is 1.16. The molecule has 0 bridgehead atoms. The monoisotopic (exact) mass is 273 g/mol. The highest BCUT2D eigenvalue weighted by molar-refractivity contribution is 5.99. The van der Waals surface area contributed by atoms with E-state index in [0.29, 0.717) is 36.2 Å².